The van der Waals surface area contributed by atoms with Gasteiger partial charge in [-0.3, -0.25) is 4.79 Å². The molecule has 0 aromatic heterocycles. The highest BCUT2D eigenvalue weighted by Crippen LogP contribution is 2.23. The van der Waals surface area contributed by atoms with Gasteiger partial charge in [0.1, 0.15) is 12.2 Å². The fourth-order valence-electron chi connectivity index (χ4n) is 1.85. The number of hydrogen-bond donors (Lipinski definition) is 1. The summed E-state index contributed by atoms with van der Waals surface area (Å²) in [6.07, 6.45) is 0.471. The Balaban J connectivity index is 1.70. The van der Waals surface area contributed by atoms with Crippen LogP contribution in [-0.2, 0) is 20.7 Å². The molecule has 1 aromatic rings. The molecule has 1 saturated heterocycles. The molecule has 2 unspecified atom stereocenters. The van der Waals surface area contributed by atoms with Gasteiger partial charge in [0.05, 0.1) is 13.2 Å². The number of hydrogen-bond acceptors (Lipinski definition) is 3. The first kappa shape index (κ1) is 9.81. The van der Waals surface area contributed by atoms with E-state index in [0.29, 0.717) is 13.0 Å². The van der Waals surface area contributed by atoms with Crippen LogP contribution in [0.25, 0.3) is 0 Å². The van der Waals surface area contributed by atoms with E-state index < -0.39 is 0 Å². The molecule has 2 atom stereocenters. The molecule has 0 saturated carbocycles. The lowest BCUT2D eigenvalue weighted by molar-refractivity contribution is -0.128. The Hall–Kier alpha value is -1.39. The molecular weight excluding hydrogens is 206 g/mol. The SMILES string of the molecule is O=C1Nc2ccccc2CC1OCC1CO1. The number of para-hydroxylation sites is 1. The maximum Gasteiger partial charge on any atom is 0.253 e. The first-order valence-electron chi connectivity index (χ1n) is 5.45. The minimum atomic E-state index is -0.376. The predicted molar refractivity (Wildman–Crippen MR) is 58.3 cm³/mol. The van der Waals surface area contributed by atoms with Crippen LogP contribution in [0.1, 0.15) is 5.56 Å². The maximum atomic E-state index is 11.7. The zero-order valence-electron chi connectivity index (χ0n) is 8.81. The Labute approximate surface area is 93.5 Å². The Bertz CT molecular complexity index is 414. The maximum absolute atomic E-state index is 11.7. The van der Waals surface area contributed by atoms with Gasteiger partial charge < -0.3 is 14.8 Å². The second-order valence-corrected chi connectivity index (χ2v) is 4.13. The van der Waals surface area contributed by atoms with Gasteiger partial charge in [-0.2, -0.15) is 0 Å². The molecule has 3 rings (SSSR count). The van der Waals surface area contributed by atoms with Gasteiger partial charge in [0.15, 0.2) is 0 Å². The third-order valence-corrected chi connectivity index (χ3v) is 2.86. The number of anilines is 1. The minimum absolute atomic E-state index is 0.0562. The number of fused-ring (bicyclic) bond motifs is 1. The van der Waals surface area contributed by atoms with Crippen molar-refractivity contribution in [3.63, 3.8) is 0 Å². The van der Waals surface area contributed by atoms with Crippen molar-refractivity contribution >= 4 is 11.6 Å². The Morgan fingerprint density at radius 3 is 3.06 bits per heavy atom. The average Bonchev–Trinajstić information content (AvgIpc) is 3.10. The summed E-state index contributed by atoms with van der Waals surface area (Å²) >= 11 is 0. The highest BCUT2D eigenvalue weighted by atomic mass is 16.6. The van der Waals surface area contributed by atoms with Gasteiger partial charge in [0.2, 0.25) is 0 Å². The zero-order valence-corrected chi connectivity index (χ0v) is 8.81. The van der Waals surface area contributed by atoms with E-state index in [1.807, 2.05) is 24.3 Å². The number of amides is 1. The average molecular weight is 219 g/mol. The van der Waals surface area contributed by atoms with Crippen LogP contribution in [0.15, 0.2) is 24.3 Å². The van der Waals surface area contributed by atoms with Gasteiger partial charge in [-0.15, -0.1) is 0 Å². The fourth-order valence-corrected chi connectivity index (χ4v) is 1.85. The number of carbonyl (C=O) groups excluding carboxylic acids is 1. The molecule has 0 spiro atoms. The molecule has 1 aromatic carbocycles. The van der Waals surface area contributed by atoms with E-state index in [2.05, 4.69) is 5.32 Å². The summed E-state index contributed by atoms with van der Waals surface area (Å²) < 4.78 is 10.6. The molecule has 0 radical (unpaired) electrons. The van der Waals surface area contributed by atoms with Crippen molar-refractivity contribution in [2.75, 3.05) is 18.5 Å². The van der Waals surface area contributed by atoms with Crippen LogP contribution in [-0.4, -0.2) is 31.3 Å². The summed E-state index contributed by atoms with van der Waals surface area (Å²) in [6.45, 7) is 1.27. The monoisotopic (exact) mass is 219 g/mol. The highest BCUT2D eigenvalue weighted by Gasteiger charge is 2.30. The van der Waals surface area contributed by atoms with Gasteiger partial charge >= 0.3 is 0 Å². The molecule has 84 valence electrons. The highest BCUT2D eigenvalue weighted by molar-refractivity contribution is 5.97. The van der Waals surface area contributed by atoms with Gasteiger partial charge in [0.25, 0.3) is 5.91 Å². The largest absolute Gasteiger partial charge is 0.371 e. The van der Waals surface area contributed by atoms with Gasteiger partial charge in [-0.1, -0.05) is 18.2 Å². The van der Waals surface area contributed by atoms with Crippen LogP contribution < -0.4 is 5.32 Å². The first-order chi connectivity index (χ1) is 7.83. The van der Waals surface area contributed by atoms with E-state index in [9.17, 15) is 4.79 Å². The normalized spacial score (nSPS) is 27.1. The molecule has 1 fully saturated rings. The van der Waals surface area contributed by atoms with Crippen molar-refractivity contribution in [2.45, 2.75) is 18.6 Å². The summed E-state index contributed by atoms with van der Waals surface area (Å²) in [5, 5.41) is 2.85. The quantitative estimate of drug-likeness (QED) is 0.770. The lowest BCUT2D eigenvalue weighted by Crippen LogP contribution is -2.37. The number of epoxide rings is 1. The number of rotatable bonds is 3. The predicted octanol–water partition coefficient (Wildman–Crippen LogP) is 0.965. The van der Waals surface area contributed by atoms with Crippen molar-refractivity contribution in [1.29, 1.82) is 0 Å². The summed E-state index contributed by atoms with van der Waals surface area (Å²) in [6, 6.07) is 7.81. The molecule has 4 nitrogen and oxygen atoms in total. The van der Waals surface area contributed by atoms with Crippen molar-refractivity contribution in [2.24, 2.45) is 0 Å². The third kappa shape index (κ3) is 1.94. The zero-order chi connectivity index (χ0) is 11.0. The summed E-state index contributed by atoms with van der Waals surface area (Å²) in [4.78, 5) is 11.7. The van der Waals surface area contributed by atoms with E-state index in [1.165, 1.54) is 0 Å². The van der Waals surface area contributed by atoms with E-state index in [-0.39, 0.29) is 18.1 Å². The fraction of sp³-hybridized carbons (Fsp3) is 0.417. The molecule has 2 aliphatic rings. The smallest absolute Gasteiger partial charge is 0.253 e. The number of carbonyl (C=O) groups is 1. The number of nitrogens with one attached hydrogen (secondary N) is 1. The molecule has 16 heavy (non-hydrogen) atoms. The molecule has 2 aliphatic heterocycles. The molecule has 1 N–H and O–H groups in total. The topological polar surface area (TPSA) is 50.9 Å². The van der Waals surface area contributed by atoms with E-state index in [4.69, 9.17) is 9.47 Å². The van der Waals surface area contributed by atoms with E-state index >= 15 is 0 Å². The second-order valence-electron chi connectivity index (χ2n) is 4.13. The van der Waals surface area contributed by atoms with E-state index in [0.717, 1.165) is 17.9 Å². The number of benzene rings is 1. The third-order valence-electron chi connectivity index (χ3n) is 2.86. The second kappa shape index (κ2) is 3.88. The minimum Gasteiger partial charge on any atom is -0.371 e. The molecule has 2 heterocycles. The van der Waals surface area contributed by atoms with Gasteiger partial charge in [0, 0.05) is 12.1 Å². The van der Waals surface area contributed by atoms with Crippen molar-refractivity contribution in [3.05, 3.63) is 29.8 Å². The molecule has 0 bridgehead atoms. The molecular formula is C12H13NO3. The molecule has 0 aliphatic carbocycles. The van der Waals surface area contributed by atoms with Crippen LogP contribution in [0, 0.1) is 0 Å². The first-order valence-corrected chi connectivity index (χ1v) is 5.45. The van der Waals surface area contributed by atoms with Crippen molar-refractivity contribution in [1.82, 2.24) is 0 Å². The lowest BCUT2D eigenvalue weighted by Gasteiger charge is -2.24. The van der Waals surface area contributed by atoms with Crippen LogP contribution in [0.5, 0.6) is 0 Å². The summed E-state index contributed by atoms with van der Waals surface area (Å²) in [7, 11) is 0. The molecule has 1 amide bonds. The Morgan fingerprint density at radius 1 is 1.44 bits per heavy atom. The summed E-state index contributed by atoms with van der Waals surface area (Å²) in [5.74, 6) is -0.0562. The molecule has 4 heteroatoms. The lowest BCUT2D eigenvalue weighted by atomic mass is 10.0. The van der Waals surface area contributed by atoms with Crippen molar-refractivity contribution in [3.8, 4) is 0 Å². The Kier molecular flexibility index (Phi) is 2.38. The van der Waals surface area contributed by atoms with E-state index in [1.54, 1.807) is 0 Å². The van der Waals surface area contributed by atoms with Crippen LogP contribution in [0.2, 0.25) is 0 Å². The Morgan fingerprint density at radius 2 is 2.25 bits per heavy atom. The van der Waals surface area contributed by atoms with Crippen LogP contribution >= 0.6 is 0 Å². The van der Waals surface area contributed by atoms with Gasteiger partial charge in [-0.05, 0) is 11.6 Å². The number of ether oxygens (including phenoxy) is 2. The standard InChI is InChI=1S/C12H13NO3/c14-12-11(16-7-9-6-15-9)5-8-3-1-2-4-10(8)13-12/h1-4,9,11H,5-7H2,(H,13,14). The van der Waals surface area contributed by atoms with Gasteiger partial charge in [-0.25, -0.2) is 0 Å². The van der Waals surface area contributed by atoms with Crippen molar-refractivity contribution < 1.29 is 14.3 Å². The summed E-state index contributed by atoms with van der Waals surface area (Å²) in [5.41, 5.74) is 2.03. The van der Waals surface area contributed by atoms with Crippen LogP contribution in [0.4, 0.5) is 5.69 Å². The van der Waals surface area contributed by atoms with Crippen LogP contribution in [0.3, 0.4) is 0 Å².